The standard InChI is InChI=1S/C22H20N2/c1-22(17-23,19-13-7-3-8-14-19)21(18-11-5-2-6-12-18)24-20-15-9-4-10-16-20/h2-16,21,24H,1H3/t21-,22+/m0/s1. The highest BCUT2D eigenvalue weighted by Crippen LogP contribution is 2.39. The summed E-state index contributed by atoms with van der Waals surface area (Å²) in [7, 11) is 0. The van der Waals surface area contributed by atoms with Gasteiger partial charge >= 0.3 is 0 Å². The smallest absolute Gasteiger partial charge is 0.104 e. The zero-order chi connectivity index (χ0) is 16.8. The van der Waals surface area contributed by atoms with Gasteiger partial charge in [0.15, 0.2) is 0 Å². The van der Waals surface area contributed by atoms with E-state index in [4.69, 9.17) is 0 Å². The lowest BCUT2D eigenvalue weighted by atomic mass is 9.74. The molecule has 24 heavy (non-hydrogen) atoms. The molecule has 0 heterocycles. The minimum Gasteiger partial charge on any atom is -0.376 e. The molecule has 0 spiro atoms. The monoisotopic (exact) mass is 312 g/mol. The normalized spacial score (nSPS) is 14.2. The van der Waals surface area contributed by atoms with E-state index in [0.29, 0.717) is 0 Å². The fraction of sp³-hybridized carbons (Fsp3) is 0.136. The van der Waals surface area contributed by atoms with E-state index in [2.05, 4.69) is 23.5 Å². The van der Waals surface area contributed by atoms with Crippen LogP contribution in [0.25, 0.3) is 0 Å². The Balaban J connectivity index is 2.08. The molecule has 0 fully saturated rings. The molecule has 0 saturated carbocycles. The molecule has 118 valence electrons. The summed E-state index contributed by atoms with van der Waals surface area (Å²) in [5.74, 6) is 0. The molecule has 0 radical (unpaired) electrons. The molecule has 1 N–H and O–H groups in total. The lowest BCUT2D eigenvalue weighted by molar-refractivity contribution is 0.515. The van der Waals surface area contributed by atoms with Gasteiger partial charge in [0.25, 0.3) is 0 Å². The molecule has 3 rings (SSSR count). The zero-order valence-corrected chi connectivity index (χ0v) is 13.7. The molecular weight excluding hydrogens is 292 g/mol. The fourth-order valence-corrected chi connectivity index (χ4v) is 2.99. The van der Waals surface area contributed by atoms with Crippen LogP contribution in [-0.2, 0) is 5.41 Å². The van der Waals surface area contributed by atoms with Gasteiger partial charge in [-0.1, -0.05) is 78.9 Å². The molecule has 3 aromatic carbocycles. The first-order valence-electron chi connectivity index (χ1n) is 8.07. The summed E-state index contributed by atoms with van der Waals surface area (Å²) in [5.41, 5.74) is 2.40. The van der Waals surface area contributed by atoms with E-state index in [1.807, 2.05) is 85.8 Å². The van der Waals surface area contributed by atoms with Crippen molar-refractivity contribution in [1.29, 1.82) is 5.26 Å². The summed E-state index contributed by atoms with van der Waals surface area (Å²) in [5, 5.41) is 13.6. The first-order valence-corrected chi connectivity index (χ1v) is 8.07. The van der Waals surface area contributed by atoms with Gasteiger partial charge in [0.05, 0.1) is 12.1 Å². The number of nitriles is 1. The van der Waals surface area contributed by atoms with Crippen molar-refractivity contribution in [2.75, 3.05) is 5.32 Å². The van der Waals surface area contributed by atoms with Crippen molar-refractivity contribution in [2.24, 2.45) is 0 Å². The summed E-state index contributed by atoms with van der Waals surface area (Å²) in [4.78, 5) is 0. The van der Waals surface area contributed by atoms with Gasteiger partial charge in [0.1, 0.15) is 5.41 Å². The SMILES string of the molecule is C[C@@](C#N)(c1ccccc1)[C@@H](Nc1ccccc1)c1ccccc1. The Morgan fingerprint density at radius 2 is 1.29 bits per heavy atom. The second-order valence-electron chi connectivity index (χ2n) is 6.03. The van der Waals surface area contributed by atoms with Crippen LogP contribution in [0.1, 0.15) is 24.1 Å². The van der Waals surface area contributed by atoms with Crippen LogP contribution in [0.3, 0.4) is 0 Å². The second kappa shape index (κ2) is 7.02. The third-order valence-corrected chi connectivity index (χ3v) is 4.40. The van der Waals surface area contributed by atoms with Crippen LogP contribution in [0.4, 0.5) is 5.69 Å². The van der Waals surface area contributed by atoms with Crippen molar-refractivity contribution in [3.05, 3.63) is 102 Å². The van der Waals surface area contributed by atoms with Crippen LogP contribution in [0.5, 0.6) is 0 Å². The number of nitrogens with zero attached hydrogens (tertiary/aromatic N) is 1. The lowest BCUT2D eigenvalue weighted by Gasteiger charge is -2.34. The molecule has 0 bridgehead atoms. The Hall–Kier alpha value is -3.05. The largest absolute Gasteiger partial charge is 0.376 e. The van der Waals surface area contributed by atoms with Gasteiger partial charge in [-0.2, -0.15) is 5.26 Å². The number of nitrogens with one attached hydrogen (secondary N) is 1. The van der Waals surface area contributed by atoms with E-state index in [0.717, 1.165) is 16.8 Å². The topological polar surface area (TPSA) is 35.8 Å². The molecule has 0 amide bonds. The van der Waals surface area contributed by atoms with E-state index in [1.165, 1.54) is 0 Å². The summed E-state index contributed by atoms with van der Waals surface area (Å²) in [6.45, 7) is 2.00. The molecule has 0 aliphatic carbocycles. The average molecular weight is 312 g/mol. The summed E-state index contributed by atoms with van der Waals surface area (Å²) in [6, 6.07) is 32.6. The Morgan fingerprint density at radius 1 is 0.792 bits per heavy atom. The Kier molecular flexibility index (Phi) is 4.63. The first kappa shape index (κ1) is 15.8. The first-order chi connectivity index (χ1) is 11.7. The molecule has 0 unspecified atom stereocenters. The average Bonchev–Trinajstić information content (AvgIpc) is 2.68. The third kappa shape index (κ3) is 3.16. The molecule has 2 heteroatoms. The number of para-hydroxylation sites is 1. The minimum absolute atomic E-state index is 0.159. The Labute approximate surface area is 143 Å². The van der Waals surface area contributed by atoms with Gasteiger partial charge in [0, 0.05) is 5.69 Å². The molecule has 3 aromatic rings. The maximum atomic E-state index is 10.1. The van der Waals surface area contributed by atoms with Crippen LogP contribution in [0, 0.1) is 11.3 Å². The summed E-state index contributed by atoms with van der Waals surface area (Å²) in [6.07, 6.45) is 0. The summed E-state index contributed by atoms with van der Waals surface area (Å²) >= 11 is 0. The van der Waals surface area contributed by atoms with Crippen LogP contribution in [-0.4, -0.2) is 0 Å². The van der Waals surface area contributed by atoms with E-state index in [-0.39, 0.29) is 6.04 Å². The molecular formula is C22H20N2. The lowest BCUT2D eigenvalue weighted by Crippen LogP contribution is -2.34. The molecule has 0 aliphatic rings. The van der Waals surface area contributed by atoms with Crippen LogP contribution in [0.2, 0.25) is 0 Å². The van der Waals surface area contributed by atoms with Gasteiger partial charge in [-0.25, -0.2) is 0 Å². The second-order valence-corrected chi connectivity index (χ2v) is 6.03. The van der Waals surface area contributed by atoms with E-state index in [9.17, 15) is 5.26 Å². The van der Waals surface area contributed by atoms with Crippen molar-refractivity contribution >= 4 is 5.69 Å². The van der Waals surface area contributed by atoms with Gasteiger partial charge in [0.2, 0.25) is 0 Å². The number of benzene rings is 3. The van der Waals surface area contributed by atoms with Gasteiger partial charge in [-0.3, -0.25) is 0 Å². The predicted octanol–water partition coefficient (Wildman–Crippen LogP) is 5.32. The van der Waals surface area contributed by atoms with Crippen LogP contribution < -0.4 is 5.32 Å². The van der Waals surface area contributed by atoms with Crippen molar-refractivity contribution in [1.82, 2.24) is 0 Å². The van der Waals surface area contributed by atoms with E-state index < -0.39 is 5.41 Å². The number of rotatable bonds is 5. The Bertz CT molecular complexity index is 807. The molecule has 2 nitrogen and oxygen atoms in total. The quantitative estimate of drug-likeness (QED) is 0.692. The highest BCUT2D eigenvalue weighted by Gasteiger charge is 2.37. The Morgan fingerprint density at radius 3 is 1.83 bits per heavy atom. The van der Waals surface area contributed by atoms with Crippen molar-refractivity contribution in [3.63, 3.8) is 0 Å². The minimum atomic E-state index is -0.696. The third-order valence-electron chi connectivity index (χ3n) is 4.40. The highest BCUT2D eigenvalue weighted by atomic mass is 14.9. The zero-order valence-electron chi connectivity index (χ0n) is 13.7. The molecule has 0 aliphatic heterocycles. The van der Waals surface area contributed by atoms with E-state index in [1.54, 1.807) is 0 Å². The molecule has 0 aromatic heterocycles. The van der Waals surface area contributed by atoms with Gasteiger partial charge < -0.3 is 5.32 Å². The number of hydrogen-bond donors (Lipinski definition) is 1. The van der Waals surface area contributed by atoms with Crippen molar-refractivity contribution in [2.45, 2.75) is 18.4 Å². The van der Waals surface area contributed by atoms with Crippen molar-refractivity contribution in [3.8, 4) is 6.07 Å². The highest BCUT2D eigenvalue weighted by molar-refractivity contribution is 5.50. The number of anilines is 1. The summed E-state index contributed by atoms with van der Waals surface area (Å²) < 4.78 is 0. The van der Waals surface area contributed by atoms with E-state index >= 15 is 0 Å². The van der Waals surface area contributed by atoms with Gasteiger partial charge in [-0.15, -0.1) is 0 Å². The predicted molar refractivity (Wildman–Crippen MR) is 98.7 cm³/mol. The van der Waals surface area contributed by atoms with Gasteiger partial charge in [-0.05, 0) is 30.2 Å². The van der Waals surface area contributed by atoms with Crippen LogP contribution in [0.15, 0.2) is 91.0 Å². The molecule has 2 atom stereocenters. The van der Waals surface area contributed by atoms with Crippen LogP contribution >= 0.6 is 0 Å². The maximum absolute atomic E-state index is 10.1. The number of hydrogen-bond acceptors (Lipinski definition) is 2. The van der Waals surface area contributed by atoms with Crippen molar-refractivity contribution < 1.29 is 0 Å². The maximum Gasteiger partial charge on any atom is 0.104 e. The molecule has 0 saturated heterocycles. The fourth-order valence-electron chi connectivity index (χ4n) is 2.99.